The van der Waals surface area contributed by atoms with Crippen LogP contribution in [0.2, 0.25) is 5.02 Å². The lowest BCUT2D eigenvalue weighted by molar-refractivity contribution is -0.107. The smallest absolute Gasteiger partial charge is 0.120 e. The van der Waals surface area contributed by atoms with Crippen molar-refractivity contribution in [2.75, 3.05) is 0 Å². The van der Waals surface area contributed by atoms with Crippen molar-refractivity contribution in [2.24, 2.45) is 0 Å². The molecule has 4 heteroatoms. The van der Waals surface area contributed by atoms with E-state index in [2.05, 4.69) is 5.10 Å². The Morgan fingerprint density at radius 1 is 1.47 bits per heavy atom. The number of carbonyl (C=O) groups excluding carboxylic acids is 1. The SMILES string of the molecule is CCc1nn(CC)c(CCCC=O)c1Cl. The minimum Gasteiger partial charge on any atom is -0.303 e. The van der Waals surface area contributed by atoms with Gasteiger partial charge in [0.2, 0.25) is 0 Å². The van der Waals surface area contributed by atoms with Crippen LogP contribution in [0, 0.1) is 0 Å². The first-order valence-electron chi connectivity index (χ1n) is 5.42. The molecule has 15 heavy (non-hydrogen) atoms. The molecule has 0 aliphatic heterocycles. The average Bonchev–Trinajstić information content (AvgIpc) is 2.56. The molecule has 3 nitrogen and oxygen atoms in total. The summed E-state index contributed by atoms with van der Waals surface area (Å²) in [7, 11) is 0. The molecule has 1 rings (SSSR count). The fraction of sp³-hybridized carbons (Fsp3) is 0.636. The molecule has 0 aliphatic carbocycles. The third-order valence-corrected chi connectivity index (χ3v) is 2.87. The molecule has 0 aromatic carbocycles. The van der Waals surface area contributed by atoms with E-state index in [9.17, 15) is 4.79 Å². The van der Waals surface area contributed by atoms with Gasteiger partial charge in [0.1, 0.15) is 6.29 Å². The monoisotopic (exact) mass is 228 g/mol. The van der Waals surface area contributed by atoms with Crippen LogP contribution >= 0.6 is 11.6 Å². The summed E-state index contributed by atoms with van der Waals surface area (Å²) in [6, 6.07) is 0. The van der Waals surface area contributed by atoms with Gasteiger partial charge in [0, 0.05) is 13.0 Å². The van der Waals surface area contributed by atoms with Crippen LogP contribution in [0.4, 0.5) is 0 Å². The van der Waals surface area contributed by atoms with Gasteiger partial charge in [0.05, 0.1) is 16.4 Å². The molecule has 1 heterocycles. The molecule has 0 N–H and O–H groups in total. The second-order valence-corrected chi connectivity index (χ2v) is 3.81. The summed E-state index contributed by atoms with van der Waals surface area (Å²) in [6.45, 7) is 4.92. The Hall–Kier alpha value is -0.830. The summed E-state index contributed by atoms with van der Waals surface area (Å²) in [4.78, 5) is 10.2. The summed E-state index contributed by atoms with van der Waals surface area (Å²) in [6.07, 6.45) is 4.07. The second-order valence-electron chi connectivity index (χ2n) is 3.44. The predicted molar refractivity (Wildman–Crippen MR) is 61.3 cm³/mol. The molecule has 0 aliphatic rings. The normalized spacial score (nSPS) is 10.6. The van der Waals surface area contributed by atoms with E-state index < -0.39 is 0 Å². The van der Waals surface area contributed by atoms with Crippen LogP contribution in [0.5, 0.6) is 0 Å². The Balaban J connectivity index is 2.83. The van der Waals surface area contributed by atoms with Crippen molar-refractivity contribution in [1.82, 2.24) is 9.78 Å². The first-order chi connectivity index (χ1) is 7.24. The topological polar surface area (TPSA) is 34.9 Å². The molecule has 0 amide bonds. The fourth-order valence-corrected chi connectivity index (χ4v) is 1.97. The molecule has 0 saturated heterocycles. The highest BCUT2D eigenvalue weighted by Crippen LogP contribution is 2.22. The van der Waals surface area contributed by atoms with E-state index >= 15 is 0 Å². The quantitative estimate of drug-likeness (QED) is 0.554. The maximum absolute atomic E-state index is 10.2. The largest absolute Gasteiger partial charge is 0.303 e. The van der Waals surface area contributed by atoms with Crippen LogP contribution in [-0.4, -0.2) is 16.1 Å². The van der Waals surface area contributed by atoms with Crippen LogP contribution in [0.15, 0.2) is 0 Å². The zero-order valence-electron chi connectivity index (χ0n) is 9.29. The van der Waals surface area contributed by atoms with Crippen LogP contribution in [0.25, 0.3) is 0 Å². The van der Waals surface area contributed by atoms with Crippen LogP contribution in [0.1, 0.15) is 38.1 Å². The molecular weight excluding hydrogens is 212 g/mol. The summed E-state index contributed by atoms with van der Waals surface area (Å²) in [5.41, 5.74) is 2.03. The molecule has 0 spiro atoms. The number of nitrogens with zero attached hydrogens (tertiary/aromatic N) is 2. The van der Waals surface area contributed by atoms with Crippen LogP contribution < -0.4 is 0 Å². The van der Waals surface area contributed by atoms with Gasteiger partial charge in [-0.1, -0.05) is 18.5 Å². The Morgan fingerprint density at radius 3 is 2.73 bits per heavy atom. The zero-order chi connectivity index (χ0) is 11.3. The molecule has 0 saturated carbocycles. The molecule has 84 valence electrons. The molecular formula is C11H17ClN2O. The van der Waals surface area contributed by atoms with Crippen molar-refractivity contribution in [3.8, 4) is 0 Å². The lowest BCUT2D eigenvalue weighted by Crippen LogP contribution is -2.03. The van der Waals surface area contributed by atoms with Crippen molar-refractivity contribution in [1.29, 1.82) is 0 Å². The summed E-state index contributed by atoms with van der Waals surface area (Å²) >= 11 is 6.22. The maximum atomic E-state index is 10.2. The Morgan fingerprint density at radius 2 is 2.20 bits per heavy atom. The number of carbonyl (C=O) groups is 1. The number of aryl methyl sites for hydroxylation is 2. The van der Waals surface area contributed by atoms with Crippen molar-refractivity contribution in [3.63, 3.8) is 0 Å². The van der Waals surface area contributed by atoms with Crippen LogP contribution in [-0.2, 0) is 24.2 Å². The number of halogens is 1. The van der Waals surface area contributed by atoms with Crippen molar-refractivity contribution in [3.05, 3.63) is 16.4 Å². The average molecular weight is 229 g/mol. The number of hydrogen-bond donors (Lipinski definition) is 0. The minimum absolute atomic E-state index is 0.590. The van der Waals surface area contributed by atoms with E-state index in [1.807, 2.05) is 18.5 Å². The summed E-state index contributed by atoms with van der Waals surface area (Å²) in [5.74, 6) is 0. The van der Waals surface area contributed by atoms with Crippen molar-refractivity contribution in [2.45, 2.75) is 46.1 Å². The Kier molecular flexibility index (Phi) is 4.82. The van der Waals surface area contributed by atoms with Gasteiger partial charge in [0.25, 0.3) is 0 Å². The number of rotatable bonds is 6. The third kappa shape index (κ3) is 2.81. The van der Waals surface area contributed by atoms with Gasteiger partial charge in [-0.05, 0) is 26.2 Å². The molecule has 0 radical (unpaired) electrons. The lowest BCUT2D eigenvalue weighted by Gasteiger charge is -2.03. The molecule has 1 aromatic heterocycles. The highest BCUT2D eigenvalue weighted by atomic mass is 35.5. The molecule has 0 bridgehead atoms. The number of aldehydes is 1. The van der Waals surface area contributed by atoms with E-state index in [1.165, 1.54) is 0 Å². The Labute approximate surface area is 95.4 Å². The lowest BCUT2D eigenvalue weighted by atomic mass is 10.2. The molecule has 0 unspecified atom stereocenters. The van der Waals surface area contributed by atoms with Gasteiger partial charge in [-0.25, -0.2) is 0 Å². The number of hydrogen-bond acceptors (Lipinski definition) is 2. The first kappa shape index (κ1) is 12.2. The predicted octanol–water partition coefficient (Wildman–Crippen LogP) is 2.64. The minimum atomic E-state index is 0.590. The number of unbranched alkanes of at least 4 members (excludes halogenated alkanes) is 1. The summed E-state index contributed by atoms with van der Waals surface area (Å²) in [5, 5.41) is 5.20. The third-order valence-electron chi connectivity index (χ3n) is 2.43. The number of aromatic nitrogens is 2. The molecule has 0 atom stereocenters. The maximum Gasteiger partial charge on any atom is 0.120 e. The first-order valence-corrected chi connectivity index (χ1v) is 5.80. The highest BCUT2D eigenvalue weighted by molar-refractivity contribution is 6.31. The van der Waals surface area contributed by atoms with Gasteiger partial charge in [-0.3, -0.25) is 4.68 Å². The van der Waals surface area contributed by atoms with Gasteiger partial charge < -0.3 is 4.79 Å². The fourth-order valence-electron chi connectivity index (χ4n) is 1.61. The van der Waals surface area contributed by atoms with E-state index in [4.69, 9.17) is 11.6 Å². The van der Waals surface area contributed by atoms with Crippen molar-refractivity contribution < 1.29 is 4.79 Å². The van der Waals surface area contributed by atoms with Crippen LogP contribution in [0.3, 0.4) is 0 Å². The van der Waals surface area contributed by atoms with Crippen molar-refractivity contribution >= 4 is 17.9 Å². The van der Waals surface area contributed by atoms with E-state index in [0.717, 1.165) is 48.5 Å². The zero-order valence-corrected chi connectivity index (χ0v) is 10.0. The second kappa shape index (κ2) is 5.91. The van der Waals surface area contributed by atoms with E-state index in [-0.39, 0.29) is 0 Å². The Bertz CT molecular complexity index is 334. The molecule has 0 fully saturated rings. The van der Waals surface area contributed by atoms with E-state index in [1.54, 1.807) is 0 Å². The van der Waals surface area contributed by atoms with E-state index in [0.29, 0.717) is 6.42 Å². The van der Waals surface area contributed by atoms with Gasteiger partial charge >= 0.3 is 0 Å². The van der Waals surface area contributed by atoms with Gasteiger partial charge in [0.15, 0.2) is 0 Å². The highest BCUT2D eigenvalue weighted by Gasteiger charge is 2.13. The standard InChI is InChI=1S/C11H17ClN2O/c1-3-9-11(12)10(7-5-6-8-15)14(4-2)13-9/h8H,3-7H2,1-2H3. The van der Waals surface area contributed by atoms with Gasteiger partial charge in [-0.2, -0.15) is 5.10 Å². The van der Waals surface area contributed by atoms with Gasteiger partial charge in [-0.15, -0.1) is 0 Å². The molecule has 1 aromatic rings. The summed E-state index contributed by atoms with van der Waals surface area (Å²) < 4.78 is 1.94.